The van der Waals surface area contributed by atoms with E-state index in [0.717, 1.165) is 11.1 Å². The molecule has 1 aromatic rings. The first-order chi connectivity index (χ1) is 12.4. The molecule has 158 valence electrons. The summed E-state index contributed by atoms with van der Waals surface area (Å²) in [4.78, 5) is 31.3. The van der Waals surface area contributed by atoms with Crippen LogP contribution in [0.3, 0.4) is 0 Å². The van der Waals surface area contributed by atoms with Gasteiger partial charge in [0.15, 0.2) is 0 Å². The van der Waals surface area contributed by atoms with Gasteiger partial charge in [0, 0.05) is 0 Å². The normalized spacial score (nSPS) is 13.6. The molecule has 0 aliphatic heterocycles. The van der Waals surface area contributed by atoms with E-state index in [4.69, 9.17) is 19.6 Å². The first-order valence-electron chi connectivity index (χ1n) is 8.00. The highest BCUT2D eigenvalue weighted by atomic mass is 31.2. The van der Waals surface area contributed by atoms with Crippen molar-refractivity contribution in [1.29, 1.82) is 0 Å². The van der Waals surface area contributed by atoms with Crippen LogP contribution in [0.25, 0.3) is 0 Å². The quantitative estimate of drug-likeness (QED) is 0.291. The van der Waals surface area contributed by atoms with Crippen molar-refractivity contribution >= 4 is 17.2 Å². The summed E-state index contributed by atoms with van der Waals surface area (Å²) in [5, 5.41) is 39.2. The zero-order valence-corrected chi connectivity index (χ0v) is 17.6. The highest BCUT2D eigenvalue weighted by Gasteiger charge is 2.40. The molecule has 1 rings (SSSR count). The van der Waals surface area contributed by atoms with E-state index in [9.17, 15) is 20.4 Å². The maximum Gasteiger partial charge on any atom is 0.334 e. The van der Waals surface area contributed by atoms with Crippen molar-refractivity contribution in [2.45, 2.75) is 39.2 Å². The lowest BCUT2D eigenvalue weighted by molar-refractivity contribution is -0.0859. The molecule has 0 radical (unpaired) electrons. The summed E-state index contributed by atoms with van der Waals surface area (Å²) in [5.41, 5.74) is 0.979. The number of rotatable bonds is 7. The lowest BCUT2D eigenvalue weighted by Gasteiger charge is -2.36. The summed E-state index contributed by atoms with van der Waals surface area (Å²) >= 11 is 0. The van der Waals surface area contributed by atoms with Crippen LogP contribution in [-0.4, -0.2) is 59.8 Å². The average Bonchev–Trinajstić information content (AvgIpc) is 2.55. The summed E-state index contributed by atoms with van der Waals surface area (Å²) in [5.74, 6) is 0. The standard InChI is InChI=1S/C16H26O4.H4O5P2/c1-11-6-5-7-12(15(2,3)4)13(11)14(20)16(8-17,9-18)10-19;1-6(2)5-7(3)4/h5-7,14,17-20H,8-10H2,1-4H3;1-4H. The third-order valence-electron chi connectivity index (χ3n) is 4.08. The zero-order valence-electron chi connectivity index (χ0n) is 15.8. The summed E-state index contributed by atoms with van der Waals surface area (Å²) in [7, 11) is -5.22. The molecular weight excluding hydrogens is 398 g/mol. The van der Waals surface area contributed by atoms with Gasteiger partial charge >= 0.3 is 17.2 Å². The Kier molecular flexibility index (Phi) is 11.5. The van der Waals surface area contributed by atoms with Gasteiger partial charge in [0.1, 0.15) is 0 Å². The van der Waals surface area contributed by atoms with Crippen LogP contribution in [0, 0.1) is 12.3 Å². The van der Waals surface area contributed by atoms with Crippen LogP contribution < -0.4 is 0 Å². The highest BCUT2D eigenvalue weighted by Crippen LogP contribution is 2.42. The van der Waals surface area contributed by atoms with Crippen LogP contribution in [-0.2, 0) is 9.73 Å². The van der Waals surface area contributed by atoms with E-state index in [1.54, 1.807) is 0 Å². The van der Waals surface area contributed by atoms with Gasteiger partial charge in [-0.15, -0.1) is 0 Å². The van der Waals surface area contributed by atoms with Gasteiger partial charge < -0.3 is 40.0 Å². The zero-order chi connectivity index (χ0) is 21.4. The summed E-state index contributed by atoms with van der Waals surface area (Å²) < 4.78 is 3.60. The molecule has 0 aliphatic carbocycles. The first-order valence-corrected chi connectivity index (χ1v) is 10.3. The molecule has 0 fully saturated rings. The second-order valence-corrected chi connectivity index (χ2v) is 8.78. The second kappa shape index (κ2) is 11.7. The Morgan fingerprint density at radius 3 is 1.67 bits per heavy atom. The molecule has 0 heterocycles. The molecule has 1 atom stereocenters. The van der Waals surface area contributed by atoms with Gasteiger partial charge in [-0.1, -0.05) is 39.0 Å². The average molecular weight is 428 g/mol. The Morgan fingerprint density at radius 2 is 1.37 bits per heavy atom. The van der Waals surface area contributed by atoms with E-state index in [2.05, 4.69) is 4.31 Å². The second-order valence-electron chi connectivity index (χ2n) is 7.11. The molecule has 0 saturated carbocycles. The molecule has 8 N–H and O–H groups in total. The van der Waals surface area contributed by atoms with Crippen molar-refractivity contribution in [1.82, 2.24) is 0 Å². The third kappa shape index (κ3) is 7.93. The van der Waals surface area contributed by atoms with Crippen LogP contribution in [0.1, 0.15) is 43.6 Å². The maximum absolute atomic E-state index is 10.7. The highest BCUT2D eigenvalue weighted by molar-refractivity contribution is 7.53. The van der Waals surface area contributed by atoms with Crippen molar-refractivity contribution in [3.8, 4) is 0 Å². The Balaban J connectivity index is 0.000000821. The van der Waals surface area contributed by atoms with Gasteiger partial charge in [-0.2, -0.15) is 0 Å². The van der Waals surface area contributed by atoms with Gasteiger partial charge in [-0.25, -0.2) is 4.31 Å². The molecular formula is C16H30O9P2. The number of aliphatic hydroxyl groups excluding tert-OH is 4. The van der Waals surface area contributed by atoms with Crippen LogP contribution in [0.2, 0.25) is 0 Å². The molecule has 1 aromatic carbocycles. The smallest absolute Gasteiger partial charge is 0.334 e. The van der Waals surface area contributed by atoms with E-state index in [0.29, 0.717) is 5.56 Å². The van der Waals surface area contributed by atoms with Gasteiger partial charge in [0.25, 0.3) is 0 Å². The van der Waals surface area contributed by atoms with Gasteiger partial charge in [-0.3, -0.25) is 0 Å². The number of benzene rings is 1. The Labute approximate surface area is 161 Å². The first kappa shape index (κ1) is 26.7. The van der Waals surface area contributed by atoms with E-state index in [1.807, 2.05) is 45.9 Å². The molecule has 0 bridgehead atoms. The Hall–Kier alpha value is -0.280. The van der Waals surface area contributed by atoms with Crippen LogP contribution >= 0.6 is 17.2 Å². The molecule has 0 spiro atoms. The number of aryl methyl sites for hydroxylation is 1. The van der Waals surface area contributed by atoms with Gasteiger partial charge in [0.2, 0.25) is 0 Å². The Bertz CT molecular complexity index is 543. The molecule has 11 heteroatoms. The fraction of sp³-hybridized carbons (Fsp3) is 0.625. The monoisotopic (exact) mass is 428 g/mol. The molecule has 9 nitrogen and oxygen atoms in total. The van der Waals surface area contributed by atoms with Crippen molar-refractivity contribution in [3.63, 3.8) is 0 Å². The molecule has 0 amide bonds. The van der Waals surface area contributed by atoms with Gasteiger partial charge in [-0.05, 0) is 29.0 Å². The third-order valence-corrected chi connectivity index (χ3v) is 5.24. The molecule has 0 aromatic heterocycles. The van der Waals surface area contributed by atoms with Crippen molar-refractivity contribution in [2.75, 3.05) is 19.8 Å². The minimum absolute atomic E-state index is 0.186. The SMILES string of the molecule is Cc1cccc(C(C)(C)C)c1C(O)C(CO)(CO)CO.OP(O)OP(O)O. The molecule has 27 heavy (non-hydrogen) atoms. The Morgan fingerprint density at radius 1 is 0.926 bits per heavy atom. The fourth-order valence-electron chi connectivity index (χ4n) is 2.48. The maximum atomic E-state index is 10.7. The van der Waals surface area contributed by atoms with Crippen LogP contribution in [0.4, 0.5) is 0 Å². The van der Waals surface area contributed by atoms with E-state index in [-0.39, 0.29) is 5.41 Å². The number of hydrogen-bond acceptors (Lipinski definition) is 9. The lowest BCUT2D eigenvalue weighted by Crippen LogP contribution is -2.41. The van der Waals surface area contributed by atoms with Gasteiger partial charge in [0.05, 0.1) is 31.3 Å². The minimum Gasteiger partial charge on any atom is -0.395 e. The predicted molar refractivity (Wildman–Crippen MR) is 102 cm³/mol. The molecule has 1 unspecified atom stereocenters. The van der Waals surface area contributed by atoms with E-state index >= 15 is 0 Å². The molecule has 0 aliphatic rings. The van der Waals surface area contributed by atoms with E-state index < -0.39 is 48.5 Å². The summed E-state index contributed by atoms with van der Waals surface area (Å²) in [6, 6.07) is 5.73. The topological polar surface area (TPSA) is 171 Å². The number of aliphatic hydroxyl groups is 4. The largest absolute Gasteiger partial charge is 0.395 e. The van der Waals surface area contributed by atoms with E-state index in [1.165, 1.54) is 0 Å². The predicted octanol–water partition coefficient (Wildman–Crippen LogP) is 0.715. The number of hydrogen-bond donors (Lipinski definition) is 8. The molecule has 0 saturated heterocycles. The summed E-state index contributed by atoms with van der Waals surface area (Å²) in [6.07, 6.45) is -1.13. The van der Waals surface area contributed by atoms with Crippen molar-refractivity contribution < 1.29 is 44.3 Å². The van der Waals surface area contributed by atoms with Crippen molar-refractivity contribution in [2.24, 2.45) is 5.41 Å². The van der Waals surface area contributed by atoms with Crippen LogP contribution in [0.15, 0.2) is 18.2 Å². The minimum atomic E-state index is -2.61. The summed E-state index contributed by atoms with van der Waals surface area (Å²) in [6.45, 7) is 6.53. The fourth-order valence-corrected chi connectivity index (χ4v) is 3.00. The lowest BCUT2D eigenvalue weighted by atomic mass is 9.73. The van der Waals surface area contributed by atoms with Crippen molar-refractivity contribution in [3.05, 3.63) is 34.9 Å². The van der Waals surface area contributed by atoms with Crippen LogP contribution in [0.5, 0.6) is 0 Å².